The molecule has 0 amide bonds. The van der Waals surface area contributed by atoms with E-state index in [2.05, 4.69) is 59.3 Å². The SMILES string of the molecule is C=C(C)[C@@H]1CCC2(C#N)CC[C@]3(C)C(CCC4[C@@]5(C)CCC(=NOC(C)=O)C(C)(C)C5CC[C@]43C)C12. The van der Waals surface area contributed by atoms with Crippen molar-refractivity contribution in [1.29, 1.82) is 5.26 Å². The molecule has 0 spiro atoms. The lowest BCUT2D eigenvalue weighted by Gasteiger charge is -2.72. The van der Waals surface area contributed by atoms with Gasteiger partial charge in [0.15, 0.2) is 0 Å². The lowest BCUT2D eigenvalue weighted by Crippen LogP contribution is -2.66. The van der Waals surface area contributed by atoms with Crippen LogP contribution in [0.15, 0.2) is 17.3 Å². The van der Waals surface area contributed by atoms with Gasteiger partial charge in [-0.15, -0.1) is 0 Å². The summed E-state index contributed by atoms with van der Waals surface area (Å²) < 4.78 is 0. The fraction of sp³-hybridized carbons (Fsp3) is 0.844. The Labute approximate surface area is 219 Å². The second kappa shape index (κ2) is 8.18. The van der Waals surface area contributed by atoms with E-state index in [9.17, 15) is 10.1 Å². The molecule has 4 heteroatoms. The van der Waals surface area contributed by atoms with E-state index in [0.29, 0.717) is 29.6 Å². The maximum Gasteiger partial charge on any atom is 0.331 e. The Morgan fingerprint density at radius 3 is 2.31 bits per heavy atom. The summed E-state index contributed by atoms with van der Waals surface area (Å²) in [6.07, 6.45) is 11.5. The average molecular weight is 493 g/mol. The molecule has 36 heavy (non-hydrogen) atoms. The van der Waals surface area contributed by atoms with Crippen LogP contribution in [0.4, 0.5) is 0 Å². The molecule has 0 saturated heterocycles. The van der Waals surface area contributed by atoms with E-state index >= 15 is 0 Å². The molecule has 0 aliphatic heterocycles. The van der Waals surface area contributed by atoms with Crippen LogP contribution in [-0.4, -0.2) is 11.7 Å². The van der Waals surface area contributed by atoms with Crippen LogP contribution >= 0.6 is 0 Å². The number of carbonyl (C=O) groups is 1. The van der Waals surface area contributed by atoms with E-state index in [1.807, 2.05) is 0 Å². The fourth-order valence-electron chi connectivity index (χ4n) is 11.4. The summed E-state index contributed by atoms with van der Waals surface area (Å²) >= 11 is 0. The van der Waals surface area contributed by atoms with Crippen LogP contribution in [0, 0.1) is 68.0 Å². The topological polar surface area (TPSA) is 62.4 Å². The molecule has 5 aliphatic rings. The van der Waals surface area contributed by atoms with Crippen LogP contribution in [0.5, 0.6) is 0 Å². The van der Waals surface area contributed by atoms with Crippen molar-refractivity contribution in [2.24, 2.45) is 61.8 Å². The molecule has 0 radical (unpaired) electrons. The number of hydrogen-bond donors (Lipinski definition) is 0. The Morgan fingerprint density at radius 2 is 1.67 bits per heavy atom. The summed E-state index contributed by atoms with van der Waals surface area (Å²) in [5.74, 6) is 2.50. The van der Waals surface area contributed by atoms with Gasteiger partial charge in [-0.25, -0.2) is 4.79 Å². The molecule has 5 rings (SSSR count). The quantitative estimate of drug-likeness (QED) is 0.222. The van der Waals surface area contributed by atoms with Crippen LogP contribution in [0.2, 0.25) is 0 Å². The van der Waals surface area contributed by atoms with Crippen molar-refractivity contribution in [3.05, 3.63) is 12.2 Å². The smallest absolute Gasteiger partial charge is 0.319 e. The van der Waals surface area contributed by atoms with Crippen molar-refractivity contribution < 1.29 is 9.63 Å². The van der Waals surface area contributed by atoms with E-state index in [4.69, 9.17) is 4.84 Å². The van der Waals surface area contributed by atoms with Crippen molar-refractivity contribution in [1.82, 2.24) is 0 Å². The molecule has 0 heterocycles. The Morgan fingerprint density at radius 1 is 0.944 bits per heavy atom. The first-order valence-electron chi connectivity index (χ1n) is 14.6. The summed E-state index contributed by atoms with van der Waals surface area (Å²) in [7, 11) is 0. The van der Waals surface area contributed by atoms with E-state index < -0.39 is 0 Å². The molecule has 9 atom stereocenters. The molecule has 198 valence electrons. The minimum atomic E-state index is -0.333. The largest absolute Gasteiger partial charge is 0.331 e. The van der Waals surface area contributed by atoms with Crippen molar-refractivity contribution >= 4 is 11.7 Å². The fourth-order valence-corrected chi connectivity index (χ4v) is 11.4. The van der Waals surface area contributed by atoms with Crippen molar-refractivity contribution in [2.75, 3.05) is 0 Å². The van der Waals surface area contributed by atoms with Gasteiger partial charge in [-0.2, -0.15) is 5.26 Å². The van der Waals surface area contributed by atoms with E-state index in [-0.39, 0.29) is 33.0 Å². The maximum atomic E-state index is 11.5. The lowest BCUT2D eigenvalue weighted by molar-refractivity contribution is -0.223. The monoisotopic (exact) mass is 492 g/mol. The summed E-state index contributed by atoms with van der Waals surface area (Å²) in [4.78, 5) is 16.6. The highest BCUT2D eigenvalue weighted by Gasteiger charge is 2.70. The van der Waals surface area contributed by atoms with Gasteiger partial charge in [0.05, 0.1) is 17.2 Å². The van der Waals surface area contributed by atoms with Gasteiger partial charge in [-0.3, -0.25) is 0 Å². The van der Waals surface area contributed by atoms with Gasteiger partial charge in [0, 0.05) is 12.3 Å². The highest BCUT2D eigenvalue weighted by Crippen LogP contribution is 2.77. The Balaban J connectivity index is 1.51. The van der Waals surface area contributed by atoms with Crippen LogP contribution in [0.3, 0.4) is 0 Å². The molecule has 5 saturated carbocycles. The predicted octanol–water partition coefficient (Wildman–Crippen LogP) is 8.09. The number of hydrogen-bond acceptors (Lipinski definition) is 4. The summed E-state index contributed by atoms with van der Waals surface area (Å²) in [6, 6.07) is 2.90. The Bertz CT molecular complexity index is 1040. The van der Waals surface area contributed by atoms with E-state index in [0.717, 1.165) is 37.8 Å². The number of nitrogens with zero attached hydrogens (tertiary/aromatic N) is 2. The number of rotatable bonds is 2. The molecule has 0 aromatic rings. The number of carbonyl (C=O) groups excluding carboxylic acids is 1. The Hall–Kier alpha value is -1.63. The molecule has 0 N–H and O–H groups in total. The molecular formula is C32H48N2O2. The lowest BCUT2D eigenvalue weighted by atomic mass is 9.32. The van der Waals surface area contributed by atoms with Crippen LogP contribution in [0.25, 0.3) is 0 Å². The van der Waals surface area contributed by atoms with Crippen LogP contribution in [0.1, 0.15) is 113 Å². The normalized spacial score (nSPS) is 50.2. The van der Waals surface area contributed by atoms with Gasteiger partial charge < -0.3 is 4.84 Å². The zero-order valence-corrected chi connectivity index (χ0v) is 23.9. The van der Waals surface area contributed by atoms with Gasteiger partial charge in [0.2, 0.25) is 0 Å². The Kier molecular flexibility index (Phi) is 5.91. The van der Waals surface area contributed by atoms with Gasteiger partial charge in [0.1, 0.15) is 0 Å². The zero-order valence-electron chi connectivity index (χ0n) is 23.9. The second-order valence-corrected chi connectivity index (χ2v) is 14.8. The molecule has 5 unspecified atom stereocenters. The first kappa shape index (κ1) is 26.0. The van der Waals surface area contributed by atoms with Gasteiger partial charge in [-0.05, 0) is 117 Å². The van der Waals surface area contributed by atoms with E-state index in [1.165, 1.54) is 44.6 Å². The highest BCUT2D eigenvalue weighted by atomic mass is 16.7. The molecule has 4 nitrogen and oxygen atoms in total. The molecular weight excluding hydrogens is 444 g/mol. The van der Waals surface area contributed by atoms with Gasteiger partial charge in [0.25, 0.3) is 0 Å². The van der Waals surface area contributed by atoms with Crippen molar-refractivity contribution in [3.63, 3.8) is 0 Å². The van der Waals surface area contributed by atoms with E-state index in [1.54, 1.807) is 0 Å². The third-order valence-corrected chi connectivity index (χ3v) is 13.4. The first-order valence-corrected chi connectivity index (χ1v) is 14.6. The minimum Gasteiger partial charge on any atom is -0.319 e. The third kappa shape index (κ3) is 3.23. The molecule has 5 aliphatic carbocycles. The van der Waals surface area contributed by atoms with Gasteiger partial charge in [-0.1, -0.05) is 51.9 Å². The standard InChI is InChI=1S/C32H48N2O2/c1-20(2)22-11-16-32(19-33)18-17-30(7)23(27(22)32)9-10-25-29(6)14-13-26(34-36-21(3)35)28(4,5)24(29)12-15-31(25,30)8/h22-25,27H,1,9-18H2,2-8H3/t22-,23?,24?,25?,27?,29-,30+,31+,32?/m0/s1. The summed E-state index contributed by atoms with van der Waals surface area (Å²) in [5.41, 5.74) is 2.98. The van der Waals surface area contributed by atoms with Crippen molar-refractivity contribution in [2.45, 2.75) is 113 Å². The number of nitriles is 1. The summed E-state index contributed by atoms with van der Waals surface area (Å²) in [6.45, 7) is 20.6. The minimum absolute atomic E-state index is 0.0689. The number of fused-ring (bicyclic) bond motifs is 7. The second-order valence-electron chi connectivity index (χ2n) is 14.8. The van der Waals surface area contributed by atoms with Crippen molar-refractivity contribution in [3.8, 4) is 6.07 Å². The number of oxime groups is 1. The number of allylic oxidation sites excluding steroid dienone is 1. The predicted molar refractivity (Wildman–Crippen MR) is 144 cm³/mol. The van der Waals surface area contributed by atoms with Crippen LogP contribution < -0.4 is 0 Å². The molecule has 0 aromatic carbocycles. The van der Waals surface area contributed by atoms with Gasteiger partial charge >= 0.3 is 5.97 Å². The maximum absolute atomic E-state index is 11.5. The third-order valence-electron chi connectivity index (χ3n) is 13.4. The highest BCUT2D eigenvalue weighted by molar-refractivity contribution is 5.91. The molecule has 0 aromatic heterocycles. The zero-order chi connectivity index (χ0) is 26.3. The molecule has 5 fully saturated rings. The first-order chi connectivity index (χ1) is 16.8. The summed E-state index contributed by atoms with van der Waals surface area (Å²) in [5, 5.41) is 14.8. The molecule has 0 bridgehead atoms. The van der Waals surface area contributed by atoms with Crippen LogP contribution in [-0.2, 0) is 9.63 Å². The average Bonchev–Trinajstić information content (AvgIpc) is 3.19.